The van der Waals surface area contributed by atoms with Crippen LogP contribution in [0.1, 0.15) is 137 Å². The first-order valence-corrected chi connectivity index (χ1v) is 29.4. The summed E-state index contributed by atoms with van der Waals surface area (Å²) in [4.78, 5) is 38.0. The third-order valence-corrected chi connectivity index (χ3v) is 19.4. The molecule has 0 spiro atoms. The number of nitrogens with one attached hydrogen (secondary N) is 1. The van der Waals surface area contributed by atoms with Gasteiger partial charge in [-0.2, -0.15) is 0 Å². The van der Waals surface area contributed by atoms with Gasteiger partial charge in [0.15, 0.2) is 5.82 Å². The maximum atomic E-state index is 12.7. The summed E-state index contributed by atoms with van der Waals surface area (Å²) in [5.41, 5.74) is 6.78. The van der Waals surface area contributed by atoms with Crippen LogP contribution < -0.4 is 5.32 Å². The average Bonchev–Trinajstić information content (AvgIpc) is 3.76. The second-order valence-corrected chi connectivity index (χ2v) is 27.6. The lowest BCUT2D eigenvalue weighted by Gasteiger charge is -2.21. The van der Waals surface area contributed by atoms with E-state index in [9.17, 15) is 9.59 Å². The summed E-state index contributed by atoms with van der Waals surface area (Å²) in [7, 11) is 5.63. The van der Waals surface area contributed by atoms with Crippen molar-refractivity contribution in [2.24, 2.45) is 9.98 Å². The quantitative estimate of drug-likeness (QED) is 0.130. The number of benzene rings is 2. The van der Waals surface area contributed by atoms with Crippen LogP contribution in [-0.2, 0) is 77.0 Å². The normalized spacial score (nSPS) is 14.6. The minimum atomic E-state index is -0.569. The lowest BCUT2D eigenvalue weighted by molar-refractivity contribution is -0.156. The van der Waals surface area contributed by atoms with Crippen molar-refractivity contribution >= 4 is 149 Å². The van der Waals surface area contributed by atoms with Gasteiger partial charge in [-0.15, -0.1) is 32.9 Å². The first-order chi connectivity index (χ1) is 30.5. The number of aryl methyl sites for hydroxylation is 3. The fourth-order valence-electron chi connectivity index (χ4n) is 6.68. The van der Waals surface area contributed by atoms with Crippen LogP contribution in [0.3, 0.4) is 0 Å². The summed E-state index contributed by atoms with van der Waals surface area (Å²) in [5.74, 6) is 0.773. The number of thiophene rings is 2. The molecular formula is C47H60Cl2N6O4S9. The Balaban J connectivity index is 0.000000402. The van der Waals surface area contributed by atoms with E-state index in [2.05, 4.69) is 65.6 Å². The summed E-state index contributed by atoms with van der Waals surface area (Å²) in [5, 5.41) is 15.3. The number of aliphatic imine (C=N–C) groups is 2. The number of anilines is 1. The molecule has 0 aliphatic carbocycles. The first kappa shape index (κ1) is 61.2. The van der Waals surface area contributed by atoms with Crippen molar-refractivity contribution in [3.05, 3.63) is 113 Å². The number of ether oxygens (including phenoxy) is 2. The minimum Gasteiger partial charge on any atom is -0.460 e. The minimum absolute atomic E-state index is 0. The van der Waals surface area contributed by atoms with Crippen LogP contribution in [0.5, 0.6) is 0 Å². The largest absolute Gasteiger partial charge is 0.460 e. The van der Waals surface area contributed by atoms with E-state index in [4.69, 9.17) is 54.9 Å². The Morgan fingerprint density at radius 1 is 0.691 bits per heavy atom. The molecule has 0 saturated heterocycles. The van der Waals surface area contributed by atoms with Crippen molar-refractivity contribution in [3.8, 4) is 5.00 Å². The summed E-state index contributed by atoms with van der Waals surface area (Å²) in [6.07, 6.45) is 0.173. The van der Waals surface area contributed by atoms with Crippen molar-refractivity contribution in [2.45, 2.75) is 135 Å². The molecule has 0 bridgehead atoms. The average molecular weight is 1130 g/mol. The predicted molar refractivity (Wildman–Crippen MR) is 309 cm³/mol. The second kappa shape index (κ2) is 26.5. The summed E-state index contributed by atoms with van der Waals surface area (Å²) < 4.78 is 13.1. The van der Waals surface area contributed by atoms with Gasteiger partial charge in [0.25, 0.3) is 0 Å². The number of carbonyl (C=O) groups excluding carboxylic acids is 2. The summed E-state index contributed by atoms with van der Waals surface area (Å²) in [6.45, 7) is 21.4. The topological polar surface area (TPSA) is 120 Å². The van der Waals surface area contributed by atoms with Crippen molar-refractivity contribution < 1.29 is 19.1 Å². The molecule has 5 aromatic rings. The Morgan fingerprint density at radius 3 is 1.59 bits per heavy atom. The van der Waals surface area contributed by atoms with Crippen LogP contribution in [0.25, 0.3) is 5.00 Å². The number of hydrogen-bond donors (Lipinski definition) is 1. The zero-order valence-corrected chi connectivity index (χ0v) is 46.3. The Morgan fingerprint density at radius 2 is 1.12 bits per heavy atom. The van der Waals surface area contributed by atoms with Crippen molar-refractivity contribution in [3.63, 3.8) is 0 Å². The van der Waals surface area contributed by atoms with E-state index >= 15 is 0 Å². The zero-order chi connectivity index (χ0) is 48.0. The predicted octanol–water partition coefficient (Wildman–Crippen LogP) is 13.1. The lowest BCUT2D eigenvalue weighted by atomic mass is 9.99. The third-order valence-electron chi connectivity index (χ3n) is 9.56. The highest BCUT2D eigenvalue weighted by atomic mass is 35.5. The molecule has 10 nitrogen and oxygen atoms in total. The van der Waals surface area contributed by atoms with Crippen LogP contribution in [0.2, 0.25) is 10.0 Å². The van der Waals surface area contributed by atoms with E-state index in [1.807, 2.05) is 102 Å². The van der Waals surface area contributed by atoms with E-state index in [1.165, 1.54) is 45.3 Å². The second-order valence-electron chi connectivity index (χ2n) is 16.7. The molecule has 2 aromatic carbocycles. The molecule has 2 unspecified atom stereocenters. The Hall–Kier alpha value is -2.95. The third kappa shape index (κ3) is 16.0. The molecule has 0 radical (unpaired) electrons. The summed E-state index contributed by atoms with van der Waals surface area (Å²) >= 11 is 30.1. The fourth-order valence-corrected chi connectivity index (χ4v) is 15.0. The molecular weight excluding hydrogens is 1070 g/mol. The van der Waals surface area contributed by atoms with Gasteiger partial charge < -0.3 is 14.8 Å². The highest BCUT2D eigenvalue weighted by Crippen LogP contribution is 2.40. The maximum Gasteiger partial charge on any atom is 0.308 e. The van der Waals surface area contributed by atoms with Crippen LogP contribution in [0.4, 0.5) is 5.00 Å². The van der Waals surface area contributed by atoms with Crippen LogP contribution >= 0.6 is 58.1 Å². The van der Waals surface area contributed by atoms with Gasteiger partial charge in [0, 0.05) is 100.0 Å². The zero-order valence-electron chi connectivity index (χ0n) is 37.5. The van der Waals surface area contributed by atoms with E-state index in [1.54, 1.807) is 22.7 Å². The van der Waals surface area contributed by atoms with E-state index < -0.39 is 23.3 Å². The van der Waals surface area contributed by atoms with Gasteiger partial charge in [-0.05, 0) is 112 Å². The Labute approximate surface area is 447 Å². The van der Waals surface area contributed by atoms with Gasteiger partial charge in [0.1, 0.15) is 44.1 Å². The van der Waals surface area contributed by atoms with Gasteiger partial charge in [0.05, 0.1) is 24.3 Å². The van der Waals surface area contributed by atoms with Crippen molar-refractivity contribution in [1.29, 1.82) is 0 Å². The smallest absolute Gasteiger partial charge is 0.308 e. The van der Waals surface area contributed by atoms with Gasteiger partial charge in [0.2, 0.25) is 0 Å². The number of nitrogens with zero attached hydrogens (tertiary/aromatic N) is 5. The standard InChI is InChI=1S/C23H25ClN4O2S.C21H23ClN2O2S2.3CH4.S6/c1-12-13(2)31-22-19(12)20(15-7-9-16(24)10-8-15)25-17(11-18(29)30-23(4,5)6)21-27-26-14(3)28(21)22;1-11-12(2)28-20-17(11)18(13-6-8-14(22)9-7-13)23-15(19(27)24-20)10-16(25)26-21(3,4)5;;;;1-3-5-6-4-2/h7-10,17H,11H2,1-6H3;6-9,15H,10H2,1-5H3,(H,24,27);3*1H4;. The molecule has 0 amide bonds. The van der Waals surface area contributed by atoms with Crippen molar-refractivity contribution in [2.75, 3.05) is 5.32 Å². The van der Waals surface area contributed by atoms with Crippen LogP contribution in [0, 0.1) is 34.6 Å². The molecule has 68 heavy (non-hydrogen) atoms. The molecule has 2 atom stereocenters. The monoisotopic (exact) mass is 1130 g/mol. The highest BCUT2D eigenvalue weighted by Gasteiger charge is 2.34. The van der Waals surface area contributed by atoms with E-state index in [0.29, 0.717) is 20.9 Å². The van der Waals surface area contributed by atoms with Gasteiger partial charge in [-0.25, -0.2) is 0 Å². The lowest BCUT2D eigenvalue weighted by Crippen LogP contribution is -2.31. The molecule has 5 heterocycles. The van der Waals surface area contributed by atoms with Crippen molar-refractivity contribution in [1.82, 2.24) is 14.8 Å². The van der Waals surface area contributed by atoms with E-state index in [0.717, 1.165) is 60.6 Å². The van der Waals surface area contributed by atoms with Crippen LogP contribution in [-0.4, -0.2) is 60.4 Å². The molecule has 2 aliphatic heterocycles. The number of thiocarbonyl (C=S) groups is 1. The van der Waals surface area contributed by atoms with Gasteiger partial charge in [-0.1, -0.05) is 82.0 Å². The number of hydrogen-bond acceptors (Lipinski definition) is 13. The number of rotatable bonds is 6. The number of halogens is 2. The molecule has 370 valence electrons. The molecule has 0 saturated carbocycles. The SMILES string of the molecule is C.C.C.Cc1sc2c(c1C)C(c1ccc(Cl)cc1)=NC(CC(=O)OC(C)(C)C)C(=S)N2.Cc1sc2c(c1C)C(c1ccc(Cl)cc1)=NC(CC(=O)OC(C)(C)C)c1nnc(C)n1-2.S=S=S=S=S=S. The first-order valence-electron chi connectivity index (χ1n) is 20.0. The van der Waals surface area contributed by atoms with E-state index in [-0.39, 0.29) is 47.1 Å². The Kier molecular flexibility index (Phi) is 23.8. The molecule has 0 fully saturated rings. The number of esters is 2. The summed E-state index contributed by atoms with van der Waals surface area (Å²) in [6, 6.07) is 14.2. The molecule has 7 rings (SSSR count). The van der Waals surface area contributed by atoms with Crippen LogP contribution in [0.15, 0.2) is 58.5 Å². The fraction of sp³-hybridized carbons (Fsp3) is 0.426. The maximum absolute atomic E-state index is 12.7. The van der Waals surface area contributed by atoms with Gasteiger partial charge >= 0.3 is 11.9 Å². The number of fused-ring (bicyclic) bond motifs is 4. The molecule has 3 aromatic heterocycles. The van der Waals surface area contributed by atoms with Gasteiger partial charge in [-0.3, -0.25) is 24.1 Å². The molecule has 1 N–H and O–H groups in total. The Bertz CT molecular complexity index is 2830. The number of aromatic nitrogens is 3. The number of carbonyl (C=O) groups is 2. The molecule has 2 aliphatic rings. The molecule has 21 heteroatoms. The highest BCUT2D eigenvalue weighted by molar-refractivity contribution is 8.64.